The average Bonchev–Trinajstić information content (AvgIpc) is 3.24. The minimum atomic E-state index is -0.423. The van der Waals surface area contributed by atoms with Gasteiger partial charge in [-0.2, -0.15) is 0 Å². The van der Waals surface area contributed by atoms with Crippen LogP contribution in [0.1, 0.15) is 11.9 Å². The summed E-state index contributed by atoms with van der Waals surface area (Å²) in [7, 11) is 4.05. The van der Waals surface area contributed by atoms with Crippen LogP contribution in [0.25, 0.3) is 0 Å². The van der Waals surface area contributed by atoms with Crippen molar-refractivity contribution in [2.24, 2.45) is 19.5 Å². The lowest BCUT2D eigenvalue weighted by Gasteiger charge is -2.37. The molecule has 3 heterocycles. The van der Waals surface area contributed by atoms with E-state index in [1.807, 2.05) is 59.9 Å². The first kappa shape index (κ1) is 18.2. The molecule has 0 saturated carbocycles. The van der Waals surface area contributed by atoms with Gasteiger partial charge in [-0.25, -0.2) is 18.3 Å². The summed E-state index contributed by atoms with van der Waals surface area (Å²) < 4.78 is 20.8. The fraction of sp³-hybridized carbons (Fsp3) is 0.400. The highest BCUT2D eigenvalue weighted by molar-refractivity contribution is 6.31. The number of hydrogen-bond donors (Lipinski definition) is 0. The van der Waals surface area contributed by atoms with E-state index in [1.165, 1.54) is 0 Å². The Labute approximate surface area is 164 Å². The molecule has 0 atom stereocenters. The highest BCUT2D eigenvalue weighted by atomic mass is 35.5. The second-order valence-electron chi connectivity index (χ2n) is 7.48. The van der Waals surface area contributed by atoms with Crippen molar-refractivity contribution in [3.05, 3.63) is 72.3 Å². The number of nitrogens with zero attached hydrogens (tertiary/aromatic N) is 4. The topological polar surface area (TPSA) is 36.1 Å². The van der Waals surface area contributed by atoms with Gasteiger partial charge in [0.1, 0.15) is 37.9 Å². The van der Waals surface area contributed by atoms with Crippen LogP contribution in [0.4, 0.5) is 0 Å². The number of aromatic nitrogens is 4. The Morgan fingerprint density at radius 3 is 2.04 bits per heavy atom. The van der Waals surface area contributed by atoms with Crippen molar-refractivity contribution in [1.82, 2.24) is 9.13 Å². The largest absolute Gasteiger partial charge is 0.347 e. The Morgan fingerprint density at radius 1 is 1.00 bits per heavy atom. The Bertz CT molecular complexity index is 868. The van der Waals surface area contributed by atoms with Crippen LogP contribution in [0, 0.1) is 5.41 Å². The van der Waals surface area contributed by atoms with E-state index in [0.29, 0.717) is 18.2 Å². The van der Waals surface area contributed by atoms with E-state index in [4.69, 9.17) is 21.1 Å². The molecule has 1 fully saturated rings. The molecule has 0 unspecified atom stereocenters. The van der Waals surface area contributed by atoms with E-state index in [0.717, 1.165) is 18.7 Å². The van der Waals surface area contributed by atoms with Crippen LogP contribution < -0.4 is 9.13 Å². The minimum absolute atomic E-state index is 0.171. The van der Waals surface area contributed by atoms with E-state index in [9.17, 15) is 0 Å². The molecule has 4 rings (SSSR count). The van der Waals surface area contributed by atoms with Gasteiger partial charge in [0.2, 0.25) is 12.7 Å². The fourth-order valence-electron chi connectivity index (χ4n) is 3.64. The molecule has 0 radical (unpaired) electrons. The summed E-state index contributed by atoms with van der Waals surface area (Å²) in [5, 5.41) is 0.671. The summed E-state index contributed by atoms with van der Waals surface area (Å²) in [6, 6.07) is 7.69. The molecule has 0 bridgehead atoms. The Kier molecular flexibility index (Phi) is 5.04. The predicted octanol–water partition coefficient (Wildman–Crippen LogP) is 2.02. The third-order valence-corrected chi connectivity index (χ3v) is 5.27. The van der Waals surface area contributed by atoms with Gasteiger partial charge in [0.05, 0.1) is 32.7 Å². The maximum absolute atomic E-state index is 6.32. The van der Waals surface area contributed by atoms with Gasteiger partial charge < -0.3 is 9.47 Å². The molecule has 1 aliphatic heterocycles. The maximum atomic E-state index is 6.32. The number of ether oxygens (including phenoxy) is 2. The summed E-state index contributed by atoms with van der Waals surface area (Å²) in [6.07, 6.45) is 12.0. The van der Waals surface area contributed by atoms with Crippen molar-refractivity contribution in [3.8, 4) is 0 Å². The van der Waals surface area contributed by atoms with Gasteiger partial charge in [-0.3, -0.25) is 0 Å². The SMILES string of the molecule is C[n+]1ccn(CC2(Cn3cc[n+](C)c3)COC(c3ccccc3Cl)OC2)c1. The molecule has 0 amide bonds. The summed E-state index contributed by atoms with van der Waals surface area (Å²) >= 11 is 6.32. The number of rotatable bonds is 5. The summed E-state index contributed by atoms with van der Waals surface area (Å²) in [5.41, 5.74) is 0.711. The fourth-order valence-corrected chi connectivity index (χ4v) is 3.86. The van der Waals surface area contributed by atoms with Crippen LogP contribution in [0.5, 0.6) is 0 Å². The number of imidazole rings is 2. The predicted molar refractivity (Wildman–Crippen MR) is 99.7 cm³/mol. The van der Waals surface area contributed by atoms with Crippen LogP contribution in [-0.4, -0.2) is 22.3 Å². The molecular formula is C20H25ClN4O2+2. The molecule has 6 nitrogen and oxygen atoms in total. The molecule has 2 aromatic heterocycles. The van der Waals surface area contributed by atoms with Gasteiger partial charge >= 0.3 is 0 Å². The normalized spacial score (nSPS) is 17.3. The number of halogens is 1. The van der Waals surface area contributed by atoms with Crippen molar-refractivity contribution >= 4 is 11.6 Å². The van der Waals surface area contributed by atoms with E-state index >= 15 is 0 Å². The Hall–Kier alpha value is -2.15. The molecule has 0 aliphatic carbocycles. The van der Waals surface area contributed by atoms with Crippen LogP contribution in [0.3, 0.4) is 0 Å². The summed E-state index contributed by atoms with van der Waals surface area (Å²) in [5.74, 6) is 0. The van der Waals surface area contributed by atoms with Gasteiger partial charge in [-0.15, -0.1) is 0 Å². The Morgan fingerprint density at radius 2 is 1.56 bits per heavy atom. The van der Waals surface area contributed by atoms with Crippen LogP contribution >= 0.6 is 11.6 Å². The number of aryl methyl sites for hydroxylation is 2. The van der Waals surface area contributed by atoms with E-state index in [-0.39, 0.29) is 5.41 Å². The molecule has 0 spiro atoms. The lowest BCUT2D eigenvalue weighted by atomic mass is 9.88. The molecule has 1 aromatic carbocycles. The maximum Gasteiger partial charge on any atom is 0.243 e. The van der Waals surface area contributed by atoms with E-state index in [2.05, 4.69) is 34.2 Å². The molecule has 27 heavy (non-hydrogen) atoms. The van der Waals surface area contributed by atoms with E-state index < -0.39 is 6.29 Å². The highest BCUT2D eigenvalue weighted by Crippen LogP contribution is 2.36. The second-order valence-corrected chi connectivity index (χ2v) is 7.89. The quantitative estimate of drug-likeness (QED) is 0.627. The first-order valence-electron chi connectivity index (χ1n) is 9.03. The summed E-state index contributed by atoms with van der Waals surface area (Å²) in [4.78, 5) is 0. The lowest BCUT2D eigenvalue weighted by molar-refractivity contribution is -0.671. The standard InChI is InChI=1S/C20H25ClN4O2/c1-22-7-9-24(15-22)11-20(12-25-10-8-23(2)16-25)13-26-19(27-14-20)17-5-3-4-6-18(17)21/h3-10,15-16,19H,11-14H2,1-2H3/q+2. The zero-order valence-electron chi connectivity index (χ0n) is 15.7. The molecule has 7 heteroatoms. The zero-order valence-corrected chi connectivity index (χ0v) is 16.4. The highest BCUT2D eigenvalue weighted by Gasteiger charge is 2.42. The molecule has 1 saturated heterocycles. The molecule has 0 N–H and O–H groups in total. The molecule has 142 valence electrons. The van der Waals surface area contributed by atoms with Crippen molar-refractivity contribution in [1.29, 1.82) is 0 Å². The van der Waals surface area contributed by atoms with Gasteiger partial charge in [0, 0.05) is 10.6 Å². The average molecular weight is 389 g/mol. The van der Waals surface area contributed by atoms with Crippen LogP contribution in [0.15, 0.2) is 61.7 Å². The zero-order chi connectivity index (χ0) is 18.9. The first-order chi connectivity index (χ1) is 13.0. The van der Waals surface area contributed by atoms with Crippen molar-refractivity contribution in [2.45, 2.75) is 19.4 Å². The third kappa shape index (κ3) is 4.08. The van der Waals surface area contributed by atoms with Crippen LogP contribution in [0.2, 0.25) is 5.02 Å². The molecule has 3 aromatic rings. The van der Waals surface area contributed by atoms with Crippen molar-refractivity contribution in [3.63, 3.8) is 0 Å². The van der Waals surface area contributed by atoms with Gasteiger partial charge in [0.25, 0.3) is 0 Å². The van der Waals surface area contributed by atoms with Gasteiger partial charge in [0.15, 0.2) is 6.29 Å². The minimum Gasteiger partial charge on any atom is -0.347 e. The van der Waals surface area contributed by atoms with Crippen molar-refractivity contribution < 1.29 is 18.6 Å². The number of benzene rings is 1. The number of hydrogen-bond acceptors (Lipinski definition) is 2. The van der Waals surface area contributed by atoms with E-state index in [1.54, 1.807) is 0 Å². The van der Waals surface area contributed by atoms with Gasteiger partial charge in [-0.05, 0) is 6.07 Å². The molecular weight excluding hydrogens is 364 g/mol. The third-order valence-electron chi connectivity index (χ3n) is 4.92. The molecule has 1 aliphatic rings. The summed E-state index contributed by atoms with van der Waals surface area (Å²) in [6.45, 7) is 2.80. The first-order valence-corrected chi connectivity index (χ1v) is 9.41. The van der Waals surface area contributed by atoms with Crippen molar-refractivity contribution in [2.75, 3.05) is 13.2 Å². The smallest absolute Gasteiger partial charge is 0.243 e. The van der Waals surface area contributed by atoms with Gasteiger partial charge in [-0.1, -0.05) is 29.8 Å². The monoisotopic (exact) mass is 388 g/mol. The van der Waals surface area contributed by atoms with Crippen LogP contribution in [-0.2, 0) is 36.7 Å². The lowest BCUT2D eigenvalue weighted by Crippen LogP contribution is -2.45. The second kappa shape index (κ2) is 7.46. The Balaban J connectivity index is 1.55.